The van der Waals surface area contributed by atoms with Crippen molar-refractivity contribution >= 4 is 34.7 Å². The molecule has 0 fully saturated rings. The van der Waals surface area contributed by atoms with Crippen LogP contribution in [0.2, 0.25) is 0 Å². The number of pyridine rings is 1. The summed E-state index contributed by atoms with van der Waals surface area (Å²) in [6, 6.07) is 20.8. The predicted octanol–water partition coefficient (Wildman–Crippen LogP) is 4.57. The molecule has 4 aromatic heterocycles. The molecule has 0 spiro atoms. The molecule has 0 aliphatic rings. The van der Waals surface area contributed by atoms with Gasteiger partial charge in [0.15, 0.2) is 5.65 Å². The zero-order valence-corrected chi connectivity index (χ0v) is 17.0. The van der Waals surface area contributed by atoms with Crippen molar-refractivity contribution in [3.63, 3.8) is 0 Å². The third kappa shape index (κ3) is 4.10. The maximum atomic E-state index is 12.1. The van der Waals surface area contributed by atoms with Crippen molar-refractivity contribution < 1.29 is 4.79 Å². The third-order valence-electron chi connectivity index (χ3n) is 4.55. The van der Waals surface area contributed by atoms with Gasteiger partial charge in [-0.25, -0.2) is 0 Å². The average molecular weight is 424 g/mol. The summed E-state index contributed by atoms with van der Waals surface area (Å²) in [5.74, 6) is 0.407. The van der Waals surface area contributed by atoms with Crippen molar-refractivity contribution in [1.82, 2.24) is 24.8 Å². The second kappa shape index (κ2) is 8.29. The summed E-state index contributed by atoms with van der Waals surface area (Å²) < 4.78 is 1.68. The highest BCUT2D eigenvalue weighted by Gasteiger charge is 2.11. The minimum atomic E-state index is -0.176. The Morgan fingerprint density at radius 3 is 2.61 bits per heavy atom. The molecule has 7 nitrogen and oxygen atoms in total. The number of amides is 1. The second-order valence-electron chi connectivity index (χ2n) is 6.64. The Hall–Kier alpha value is -4.17. The van der Waals surface area contributed by atoms with E-state index in [0.717, 1.165) is 16.1 Å². The lowest BCUT2D eigenvalue weighted by molar-refractivity contribution is -0.111. The summed E-state index contributed by atoms with van der Waals surface area (Å²) >= 11 is 1.58. The number of fused-ring (bicyclic) bond motifs is 1. The number of hydrogen-bond donors (Lipinski definition) is 1. The van der Waals surface area contributed by atoms with E-state index in [1.165, 1.54) is 6.08 Å². The molecule has 1 aromatic carbocycles. The van der Waals surface area contributed by atoms with Crippen LogP contribution in [0.5, 0.6) is 0 Å². The topological polar surface area (TPSA) is 85.1 Å². The average Bonchev–Trinajstić information content (AvgIpc) is 3.48. The van der Waals surface area contributed by atoms with Gasteiger partial charge in [-0.05, 0) is 53.9 Å². The molecule has 5 aromatic rings. The van der Waals surface area contributed by atoms with Gasteiger partial charge in [0.25, 0.3) is 0 Å². The SMILES string of the molecule is O=C(/C=C/c1cccs1)Nc1ccc(-c2ccc3nnc(-c4ccccn4)n3n2)cc1. The third-order valence-corrected chi connectivity index (χ3v) is 5.38. The number of hydrogen-bond acceptors (Lipinski definition) is 6. The zero-order valence-electron chi connectivity index (χ0n) is 16.2. The van der Waals surface area contributed by atoms with Crippen LogP contribution in [0.15, 0.2) is 84.4 Å². The summed E-state index contributed by atoms with van der Waals surface area (Å²) in [7, 11) is 0. The highest BCUT2D eigenvalue weighted by Crippen LogP contribution is 2.22. The molecule has 1 N–H and O–H groups in total. The monoisotopic (exact) mass is 424 g/mol. The van der Waals surface area contributed by atoms with Gasteiger partial charge in [0, 0.05) is 28.4 Å². The number of carbonyl (C=O) groups is 1. The van der Waals surface area contributed by atoms with Gasteiger partial charge in [0.2, 0.25) is 11.7 Å². The number of thiophene rings is 1. The lowest BCUT2D eigenvalue weighted by Gasteiger charge is -2.06. The fourth-order valence-corrected chi connectivity index (χ4v) is 3.67. The molecule has 0 radical (unpaired) electrons. The lowest BCUT2D eigenvalue weighted by atomic mass is 10.1. The molecule has 0 bridgehead atoms. The van der Waals surface area contributed by atoms with Crippen LogP contribution in [-0.4, -0.2) is 30.7 Å². The van der Waals surface area contributed by atoms with Crippen LogP contribution >= 0.6 is 11.3 Å². The van der Waals surface area contributed by atoms with E-state index >= 15 is 0 Å². The Bertz CT molecular complexity index is 1360. The molecule has 0 saturated carbocycles. The molecule has 31 heavy (non-hydrogen) atoms. The minimum Gasteiger partial charge on any atom is -0.323 e. The van der Waals surface area contributed by atoms with Crippen molar-refractivity contribution in [2.45, 2.75) is 0 Å². The van der Waals surface area contributed by atoms with Gasteiger partial charge in [-0.1, -0.05) is 24.3 Å². The summed E-state index contributed by atoms with van der Waals surface area (Å²) in [5.41, 5.74) is 3.73. The van der Waals surface area contributed by atoms with Crippen molar-refractivity contribution in [2.75, 3.05) is 5.32 Å². The molecule has 4 heterocycles. The molecule has 0 aliphatic carbocycles. The fourth-order valence-electron chi connectivity index (χ4n) is 3.05. The van der Waals surface area contributed by atoms with Crippen LogP contribution in [-0.2, 0) is 4.79 Å². The van der Waals surface area contributed by atoms with Crippen molar-refractivity contribution in [3.8, 4) is 22.8 Å². The molecule has 0 unspecified atom stereocenters. The predicted molar refractivity (Wildman–Crippen MR) is 121 cm³/mol. The number of anilines is 1. The normalized spacial score (nSPS) is 11.2. The van der Waals surface area contributed by atoms with E-state index in [1.54, 1.807) is 28.1 Å². The Labute approximate surface area is 181 Å². The molecule has 1 amide bonds. The first-order valence-electron chi connectivity index (χ1n) is 9.53. The first-order valence-corrected chi connectivity index (χ1v) is 10.4. The maximum absolute atomic E-state index is 12.1. The highest BCUT2D eigenvalue weighted by atomic mass is 32.1. The number of benzene rings is 1. The molecule has 8 heteroatoms. The van der Waals surface area contributed by atoms with Crippen molar-refractivity contribution in [2.24, 2.45) is 0 Å². The quantitative estimate of drug-likeness (QED) is 0.418. The van der Waals surface area contributed by atoms with Crippen LogP contribution in [0, 0.1) is 0 Å². The van der Waals surface area contributed by atoms with E-state index in [1.807, 2.05) is 72.1 Å². The molecule has 150 valence electrons. The van der Waals surface area contributed by atoms with Crippen LogP contribution in [0.4, 0.5) is 5.69 Å². The standard InChI is InChI=1S/C23H16N6OS/c30-22(13-10-18-4-3-15-31-18)25-17-8-6-16(7-9-17)19-11-12-21-26-27-23(29(21)28-19)20-5-1-2-14-24-20/h1-15H,(H,25,30)/b13-10+. The van der Waals surface area contributed by atoms with E-state index in [0.29, 0.717) is 22.9 Å². The largest absolute Gasteiger partial charge is 0.323 e. The molecular formula is C23H16N6OS. The van der Waals surface area contributed by atoms with E-state index in [9.17, 15) is 4.79 Å². The van der Waals surface area contributed by atoms with Gasteiger partial charge < -0.3 is 5.32 Å². The van der Waals surface area contributed by atoms with E-state index < -0.39 is 0 Å². The first-order chi connectivity index (χ1) is 15.3. The van der Waals surface area contributed by atoms with Gasteiger partial charge in [0.05, 0.1) is 5.69 Å². The van der Waals surface area contributed by atoms with E-state index in [-0.39, 0.29) is 5.91 Å². The van der Waals surface area contributed by atoms with Crippen LogP contribution < -0.4 is 5.32 Å². The second-order valence-corrected chi connectivity index (χ2v) is 7.62. The van der Waals surface area contributed by atoms with Gasteiger partial charge in [-0.3, -0.25) is 9.78 Å². The summed E-state index contributed by atoms with van der Waals surface area (Å²) in [5, 5.41) is 17.9. The number of nitrogens with zero attached hydrogens (tertiary/aromatic N) is 5. The Morgan fingerprint density at radius 2 is 1.84 bits per heavy atom. The van der Waals surface area contributed by atoms with Crippen LogP contribution in [0.25, 0.3) is 34.5 Å². The van der Waals surface area contributed by atoms with E-state index in [2.05, 4.69) is 25.6 Å². The van der Waals surface area contributed by atoms with Gasteiger partial charge in [0.1, 0.15) is 5.69 Å². The lowest BCUT2D eigenvalue weighted by Crippen LogP contribution is -2.07. The van der Waals surface area contributed by atoms with Gasteiger partial charge in [-0.2, -0.15) is 9.61 Å². The summed E-state index contributed by atoms with van der Waals surface area (Å²) in [4.78, 5) is 17.5. The summed E-state index contributed by atoms with van der Waals surface area (Å²) in [6.07, 6.45) is 5.04. The fraction of sp³-hybridized carbons (Fsp3) is 0. The van der Waals surface area contributed by atoms with Crippen molar-refractivity contribution in [3.05, 3.63) is 89.3 Å². The summed E-state index contributed by atoms with van der Waals surface area (Å²) in [6.45, 7) is 0. The number of carbonyl (C=O) groups excluding carboxylic acids is 1. The molecular weight excluding hydrogens is 408 g/mol. The van der Waals surface area contributed by atoms with Gasteiger partial charge in [-0.15, -0.1) is 21.5 Å². The molecule has 0 aliphatic heterocycles. The zero-order chi connectivity index (χ0) is 21.0. The Morgan fingerprint density at radius 1 is 0.935 bits per heavy atom. The first kappa shape index (κ1) is 18.8. The Balaban J connectivity index is 1.36. The maximum Gasteiger partial charge on any atom is 0.248 e. The van der Waals surface area contributed by atoms with E-state index in [4.69, 9.17) is 0 Å². The highest BCUT2D eigenvalue weighted by molar-refractivity contribution is 7.10. The smallest absolute Gasteiger partial charge is 0.248 e. The number of nitrogens with one attached hydrogen (secondary N) is 1. The molecule has 0 atom stereocenters. The van der Waals surface area contributed by atoms with Crippen molar-refractivity contribution in [1.29, 1.82) is 0 Å². The minimum absolute atomic E-state index is 0.176. The number of rotatable bonds is 5. The molecule has 5 rings (SSSR count). The van der Waals surface area contributed by atoms with Gasteiger partial charge >= 0.3 is 0 Å². The van der Waals surface area contributed by atoms with Crippen LogP contribution in [0.3, 0.4) is 0 Å². The number of aromatic nitrogens is 5. The Kier molecular flexibility index (Phi) is 5.04. The molecule has 0 saturated heterocycles. The van der Waals surface area contributed by atoms with Crippen LogP contribution in [0.1, 0.15) is 4.88 Å².